The number of rotatable bonds is 14. The quantitative estimate of drug-likeness (QED) is 0.126. The van der Waals surface area contributed by atoms with Gasteiger partial charge in [0.1, 0.15) is 24.1 Å². The van der Waals surface area contributed by atoms with Gasteiger partial charge in [0.2, 0.25) is 6.29 Å². The largest absolute Gasteiger partial charge is 0.462 e. The third kappa shape index (κ3) is 12.5. The third-order valence-electron chi connectivity index (χ3n) is 4.25. The Bertz CT molecular complexity index is 1580. The fraction of sp³-hybridized carbons (Fsp3) is 0.538. The molecule has 0 aromatic heterocycles. The summed E-state index contributed by atoms with van der Waals surface area (Å²) < 4.78 is 189. The number of benzene rings is 1. The highest BCUT2D eigenvalue weighted by Gasteiger charge is 2.55. The standard InChI is InChI=1S/C13H18O22S5/c14-36(15,16)29-5-7-3-1-2-4-8(7)31-13-12(35-40(26,27)28)11(34-39(23,24)25)10(33-38(20,21)22)9(32-13)6-30-37(17,18)19/h1-4,9-13H,5-6H2,(H,14,15,16)(H,17,18,19)(H,20,21,22)(H,23,24,25)(H,26,27,28)/t9-,10-,11+,12-,13-/m1/s1. The van der Waals surface area contributed by atoms with Crippen molar-refractivity contribution in [2.24, 2.45) is 0 Å². The minimum absolute atomic E-state index is 0.261. The molecule has 1 heterocycles. The van der Waals surface area contributed by atoms with Crippen molar-refractivity contribution < 1.29 is 95.2 Å². The van der Waals surface area contributed by atoms with Gasteiger partial charge in [0.25, 0.3) is 0 Å². The van der Waals surface area contributed by atoms with Crippen molar-refractivity contribution in [2.45, 2.75) is 37.3 Å². The predicted octanol–water partition coefficient (Wildman–Crippen LogP) is -2.51. The zero-order valence-electron chi connectivity index (χ0n) is 18.8. The molecule has 0 bridgehead atoms. The average molecular weight is 687 g/mol. The van der Waals surface area contributed by atoms with Crippen LogP contribution >= 0.6 is 0 Å². The van der Waals surface area contributed by atoms with Gasteiger partial charge in [0.15, 0.2) is 6.10 Å². The van der Waals surface area contributed by atoms with Gasteiger partial charge in [-0.2, -0.15) is 42.1 Å². The summed E-state index contributed by atoms with van der Waals surface area (Å²) in [5.74, 6) is -0.519. The molecule has 1 aromatic carbocycles. The van der Waals surface area contributed by atoms with Gasteiger partial charge in [-0.1, -0.05) is 18.2 Å². The molecule has 0 radical (unpaired) electrons. The SMILES string of the molecule is O=S(=O)(O)OCc1ccccc1O[C@@H]1O[C@H](COS(=O)(=O)O)[C@@H](OS(=O)(=O)O)[C@H](OS(=O)(=O)O)[C@H]1OS(=O)(=O)O. The minimum Gasteiger partial charge on any atom is -0.462 e. The lowest BCUT2D eigenvalue weighted by Crippen LogP contribution is -2.63. The van der Waals surface area contributed by atoms with Gasteiger partial charge in [0.05, 0.1) is 13.2 Å². The van der Waals surface area contributed by atoms with Crippen LogP contribution in [0.1, 0.15) is 5.56 Å². The molecule has 0 unspecified atom stereocenters. The normalized spacial score (nSPS) is 25.0. The summed E-state index contributed by atoms with van der Waals surface area (Å²) in [5, 5.41) is 0. The molecule has 27 heteroatoms. The first kappa shape index (κ1) is 34.5. The summed E-state index contributed by atoms with van der Waals surface area (Å²) in [7, 11) is -27.5. The van der Waals surface area contributed by atoms with Crippen molar-refractivity contribution in [2.75, 3.05) is 6.61 Å². The summed E-state index contributed by atoms with van der Waals surface area (Å²) in [6.07, 6.45) is -13.0. The number of ether oxygens (including phenoxy) is 2. The highest BCUT2D eigenvalue weighted by atomic mass is 32.3. The first-order valence-electron chi connectivity index (χ1n) is 9.53. The molecule has 2 rings (SSSR count). The summed E-state index contributed by atoms with van der Waals surface area (Å²) >= 11 is 0. The molecule has 0 spiro atoms. The monoisotopic (exact) mass is 686 g/mol. The maximum Gasteiger partial charge on any atom is 0.397 e. The average Bonchev–Trinajstić information content (AvgIpc) is 2.72. The van der Waals surface area contributed by atoms with Crippen LogP contribution in [-0.4, -0.2) is 102 Å². The van der Waals surface area contributed by atoms with E-state index in [-0.39, 0.29) is 5.56 Å². The van der Waals surface area contributed by atoms with Crippen molar-refractivity contribution in [3.8, 4) is 5.75 Å². The Morgan fingerprint density at radius 2 is 1.10 bits per heavy atom. The lowest BCUT2D eigenvalue weighted by atomic mass is 9.99. The van der Waals surface area contributed by atoms with Crippen LogP contribution in [0.3, 0.4) is 0 Å². The van der Waals surface area contributed by atoms with Crippen LogP contribution in [0.25, 0.3) is 0 Å². The van der Waals surface area contributed by atoms with Crippen LogP contribution < -0.4 is 4.74 Å². The summed E-state index contributed by atoms with van der Waals surface area (Å²) in [5.41, 5.74) is -0.261. The van der Waals surface area contributed by atoms with Crippen molar-refractivity contribution in [1.82, 2.24) is 0 Å². The van der Waals surface area contributed by atoms with Gasteiger partial charge in [0, 0.05) is 5.56 Å². The molecular weight excluding hydrogens is 668 g/mol. The van der Waals surface area contributed by atoms with Crippen LogP contribution in [-0.2, 0) is 84.3 Å². The Balaban J connectivity index is 2.67. The van der Waals surface area contributed by atoms with E-state index < -0.39 is 102 Å². The zero-order chi connectivity index (χ0) is 30.7. The van der Waals surface area contributed by atoms with Crippen molar-refractivity contribution in [3.63, 3.8) is 0 Å². The van der Waals surface area contributed by atoms with Gasteiger partial charge in [-0.05, 0) is 6.07 Å². The fourth-order valence-electron chi connectivity index (χ4n) is 3.01. The van der Waals surface area contributed by atoms with E-state index in [1.165, 1.54) is 12.1 Å². The molecule has 40 heavy (non-hydrogen) atoms. The highest BCUT2D eigenvalue weighted by molar-refractivity contribution is 7.81. The Morgan fingerprint density at radius 1 is 0.625 bits per heavy atom. The molecule has 1 aliphatic rings. The van der Waals surface area contributed by atoms with Gasteiger partial charge in [-0.15, -0.1) is 0 Å². The lowest BCUT2D eigenvalue weighted by molar-refractivity contribution is -0.260. The Morgan fingerprint density at radius 3 is 1.60 bits per heavy atom. The second kappa shape index (κ2) is 12.7. The molecule has 22 nitrogen and oxygen atoms in total. The van der Waals surface area contributed by atoms with E-state index in [0.717, 1.165) is 12.1 Å². The van der Waals surface area contributed by atoms with Crippen LogP contribution in [0, 0.1) is 0 Å². The Labute approximate surface area is 226 Å². The molecule has 1 saturated heterocycles. The molecular formula is C13H18O22S5. The van der Waals surface area contributed by atoms with E-state index in [0.29, 0.717) is 0 Å². The number of hydrogen-bond donors (Lipinski definition) is 5. The van der Waals surface area contributed by atoms with E-state index in [4.69, 9.17) is 23.1 Å². The first-order valence-corrected chi connectivity index (χ1v) is 16.4. The molecule has 5 N–H and O–H groups in total. The summed E-state index contributed by atoms with van der Waals surface area (Å²) in [4.78, 5) is 0. The van der Waals surface area contributed by atoms with Crippen molar-refractivity contribution in [1.29, 1.82) is 0 Å². The predicted molar refractivity (Wildman–Crippen MR) is 119 cm³/mol. The van der Waals surface area contributed by atoms with E-state index in [1.54, 1.807) is 0 Å². The molecule has 1 fully saturated rings. The highest BCUT2D eigenvalue weighted by Crippen LogP contribution is 2.33. The molecule has 232 valence electrons. The molecule has 0 amide bonds. The first-order chi connectivity index (χ1) is 17.9. The topological polar surface area (TPSA) is 336 Å². The van der Waals surface area contributed by atoms with Crippen LogP contribution in [0.15, 0.2) is 24.3 Å². The van der Waals surface area contributed by atoms with Crippen LogP contribution in [0.4, 0.5) is 0 Å². The molecule has 5 atom stereocenters. The molecule has 0 aliphatic carbocycles. The molecule has 1 aliphatic heterocycles. The summed E-state index contributed by atoms with van der Waals surface area (Å²) in [6.45, 7) is -2.46. The van der Waals surface area contributed by atoms with Gasteiger partial charge >= 0.3 is 52.0 Å². The third-order valence-corrected chi connectivity index (χ3v) is 6.50. The summed E-state index contributed by atoms with van der Waals surface area (Å²) in [6, 6.07) is 4.60. The van der Waals surface area contributed by atoms with E-state index in [9.17, 15) is 51.2 Å². The van der Waals surface area contributed by atoms with Crippen molar-refractivity contribution >= 4 is 52.0 Å². The smallest absolute Gasteiger partial charge is 0.397 e. The zero-order valence-corrected chi connectivity index (χ0v) is 22.9. The Hall–Kier alpha value is -1.67. The van der Waals surface area contributed by atoms with Crippen LogP contribution in [0.2, 0.25) is 0 Å². The maximum atomic E-state index is 11.5. The van der Waals surface area contributed by atoms with E-state index in [1.807, 2.05) is 0 Å². The van der Waals surface area contributed by atoms with Gasteiger partial charge < -0.3 is 9.47 Å². The number of para-hydroxylation sites is 1. The van der Waals surface area contributed by atoms with Crippen molar-refractivity contribution in [3.05, 3.63) is 29.8 Å². The van der Waals surface area contributed by atoms with Crippen LogP contribution in [0.5, 0.6) is 5.75 Å². The second-order valence-electron chi connectivity index (χ2n) is 7.14. The maximum absolute atomic E-state index is 11.5. The molecule has 1 aromatic rings. The number of hydrogen-bond acceptors (Lipinski definition) is 17. The van der Waals surface area contributed by atoms with E-state index in [2.05, 4.69) is 20.9 Å². The second-order valence-corrected chi connectivity index (χ2v) is 12.5. The lowest BCUT2D eigenvalue weighted by Gasteiger charge is -2.43. The Kier molecular flexibility index (Phi) is 10.9. The van der Waals surface area contributed by atoms with Gasteiger partial charge in [-0.25, -0.2) is 20.9 Å². The fourth-order valence-corrected chi connectivity index (χ4v) is 5.09. The van der Waals surface area contributed by atoms with E-state index >= 15 is 0 Å². The minimum atomic E-state index is -5.74. The van der Waals surface area contributed by atoms with Gasteiger partial charge in [-0.3, -0.25) is 22.8 Å². The molecule has 0 saturated carbocycles.